The van der Waals surface area contributed by atoms with Crippen molar-refractivity contribution in [2.24, 2.45) is 0 Å². The van der Waals surface area contributed by atoms with Crippen LogP contribution in [0, 0.1) is 6.92 Å². The number of benzene rings is 1. The Bertz CT molecular complexity index is 786. The summed E-state index contributed by atoms with van der Waals surface area (Å²) in [6.45, 7) is 2.00. The molecular formula is C13H11N3O2. The minimum Gasteiger partial charge on any atom is -0.493 e. The fourth-order valence-corrected chi connectivity index (χ4v) is 2.00. The molecule has 0 fully saturated rings. The van der Waals surface area contributed by atoms with E-state index in [-0.39, 0.29) is 11.4 Å². The highest BCUT2D eigenvalue weighted by atomic mass is 16.3. The van der Waals surface area contributed by atoms with E-state index < -0.39 is 0 Å². The molecule has 0 aliphatic heterocycles. The number of fused-ring (bicyclic) bond motifs is 1. The normalized spacial score (nSPS) is 10.9. The number of aromatic amines is 1. The number of H-pyrrole nitrogens is 1. The van der Waals surface area contributed by atoms with E-state index in [0.29, 0.717) is 5.65 Å². The first-order chi connectivity index (χ1) is 8.65. The van der Waals surface area contributed by atoms with Gasteiger partial charge < -0.3 is 10.1 Å². The SMILES string of the molecule is Cc1cccc(-c2cnn3c(O)cc(=O)[nH]c23)c1. The van der Waals surface area contributed by atoms with Gasteiger partial charge >= 0.3 is 0 Å². The van der Waals surface area contributed by atoms with Gasteiger partial charge in [0.25, 0.3) is 5.56 Å². The minimum absolute atomic E-state index is 0.173. The summed E-state index contributed by atoms with van der Waals surface area (Å²) in [4.78, 5) is 14.1. The molecule has 0 radical (unpaired) electrons. The van der Waals surface area contributed by atoms with Crippen molar-refractivity contribution < 1.29 is 5.11 Å². The van der Waals surface area contributed by atoms with Crippen LogP contribution >= 0.6 is 0 Å². The Morgan fingerprint density at radius 2 is 2.17 bits per heavy atom. The van der Waals surface area contributed by atoms with Crippen molar-refractivity contribution in [1.29, 1.82) is 0 Å². The molecule has 2 N–H and O–H groups in total. The first-order valence-electron chi connectivity index (χ1n) is 5.52. The first kappa shape index (κ1) is 10.6. The molecule has 0 aliphatic carbocycles. The number of aromatic hydroxyl groups is 1. The van der Waals surface area contributed by atoms with Crippen LogP contribution < -0.4 is 5.56 Å². The number of aromatic nitrogens is 3. The number of nitrogens with one attached hydrogen (secondary N) is 1. The van der Waals surface area contributed by atoms with Gasteiger partial charge in [-0.25, -0.2) is 0 Å². The Morgan fingerprint density at radius 3 is 2.94 bits per heavy atom. The number of rotatable bonds is 1. The predicted octanol–water partition coefficient (Wildman–Crippen LogP) is 1.70. The molecule has 90 valence electrons. The second-order valence-corrected chi connectivity index (χ2v) is 4.18. The zero-order chi connectivity index (χ0) is 12.7. The summed E-state index contributed by atoms with van der Waals surface area (Å²) >= 11 is 0. The minimum atomic E-state index is -0.352. The molecule has 0 saturated carbocycles. The molecule has 5 heteroatoms. The van der Waals surface area contributed by atoms with Crippen LogP contribution in [0.25, 0.3) is 16.8 Å². The molecule has 3 rings (SSSR count). The highest BCUT2D eigenvalue weighted by molar-refractivity contribution is 5.77. The largest absolute Gasteiger partial charge is 0.493 e. The monoisotopic (exact) mass is 241 g/mol. The summed E-state index contributed by atoms with van der Waals surface area (Å²) in [6, 6.07) is 8.97. The van der Waals surface area contributed by atoms with Gasteiger partial charge in [0, 0.05) is 5.56 Å². The van der Waals surface area contributed by atoms with E-state index >= 15 is 0 Å². The van der Waals surface area contributed by atoms with Gasteiger partial charge in [0.1, 0.15) is 5.65 Å². The third-order valence-corrected chi connectivity index (χ3v) is 2.82. The Morgan fingerprint density at radius 1 is 1.33 bits per heavy atom. The van der Waals surface area contributed by atoms with Crippen LogP contribution in [0.1, 0.15) is 5.56 Å². The molecule has 0 unspecified atom stereocenters. The van der Waals surface area contributed by atoms with E-state index in [4.69, 9.17) is 0 Å². The van der Waals surface area contributed by atoms with Crippen molar-refractivity contribution in [2.45, 2.75) is 6.92 Å². The summed E-state index contributed by atoms with van der Waals surface area (Å²) in [7, 11) is 0. The summed E-state index contributed by atoms with van der Waals surface area (Å²) in [5.74, 6) is -0.173. The van der Waals surface area contributed by atoms with Crippen LogP contribution in [0.4, 0.5) is 0 Å². The second kappa shape index (κ2) is 3.73. The molecule has 3 aromatic rings. The molecule has 0 aliphatic rings. The smallest absolute Gasteiger partial charge is 0.254 e. The van der Waals surface area contributed by atoms with E-state index in [1.54, 1.807) is 6.20 Å². The van der Waals surface area contributed by atoms with Gasteiger partial charge in [-0.1, -0.05) is 29.8 Å². The maximum Gasteiger partial charge on any atom is 0.254 e. The fourth-order valence-electron chi connectivity index (χ4n) is 2.00. The Hall–Kier alpha value is -2.56. The number of nitrogens with zero attached hydrogens (tertiary/aromatic N) is 2. The molecule has 2 aromatic heterocycles. The topological polar surface area (TPSA) is 70.4 Å². The Balaban J connectivity index is 2.34. The molecule has 0 atom stereocenters. The molecular weight excluding hydrogens is 230 g/mol. The average Bonchev–Trinajstić information content (AvgIpc) is 2.72. The number of hydrogen-bond donors (Lipinski definition) is 2. The Kier molecular flexibility index (Phi) is 2.19. The molecule has 18 heavy (non-hydrogen) atoms. The maximum atomic E-state index is 11.4. The van der Waals surface area contributed by atoms with Crippen molar-refractivity contribution in [3.05, 3.63) is 52.4 Å². The molecule has 0 bridgehead atoms. The van der Waals surface area contributed by atoms with Crippen LogP contribution in [-0.2, 0) is 0 Å². The lowest BCUT2D eigenvalue weighted by Crippen LogP contribution is -2.07. The highest BCUT2D eigenvalue weighted by Crippen LogP contribution is 2.24. The first-order valence-corrected chi connectivity index (χ1v) is 5.52. The van der Waals surface area contributed by atoms with Crippen LogP contribution in [0.15, 0.2) is 41.3 Å². The van der Waals surface area contributed by atoms with Crippen LogP contribution in [-0.4, -0.2) is 19.7 Å². The van der Waals surface area contributed by atoms with Gasteiger partial charge in [0.2, 0.25) is 5.88 Å². The van der Waals surface area contributed by atoms with Crippen molar-refractivity contribution in [3.63, 3.8) is 0 Å². The van der Waals surface area contributed by atoms with Crippen molar-refractivity contribution in [1.82, 2.24) is 14.6 Å². The molecule has 0 saturated heterocycles. The van der Waals surface area contributed by atoms with E-state index in [0.717, 1.165) is 22.8 Å². The molecule has 1 aromatic carbocycles. The lowest BCUT2D eigenvalue weighted by atomic mass is 10.1. The van der Waals surface area contributed by atoms with Crippen molar-refractivity contribution in [3.8, 4) is 17.0 Å². The predicted molar refractivity (Wildman–Crippen MR) is 67.7 cm³/mol. The van der Waals surface area contributed by atoms with Gasteiger partial charge in [-0.3, -0.25) is 4.79 Å². The number of aryl methyl sites for hydroxylation is 1. The quantitative estimate of drug-likeness (QED) is 0.681. The average molecular weight is 241 g/mol. The van der Waals surface area contributed by atoms with E-state index in [9.17, 15) is 9.90 Å². The molecule has 5 nitrogen and oxygen atoms in total. The molecule has 0 spiro atoms. The van der Waals surface area contributed by atoms with Crippen LogP contribution in [0.3, 0.4) is 0 Å². The standard InChI is InChI=1S/C13H11N3O2/c1-8-3-2-4-9(5-8)10-7-14-16-12(18)6-11(17)15-13(10)16/h2-7,18H,1H3,(H,15,17). The molecule has 2 heterocycles. The fraction of sp³-hybridized carbons (Fsp3) is 0.0769. The summed E-state index contributed by atoms with van der Waals surface area (Å²) in [5.41, 5.74) is 2.99. The zero-order valence-corrected chi connectivity index (χ0v) is 9.71. The zero-order valence-electron chi connectivity index (χ0n) is 9.71. The van der Waals surface area contributed by atoms with E-state index in [1.807, 2.05) is 31.2 Å². The van der Waals surface area contributed by atoms with Crippen LogP contribution in [0.2, 0.25) is 0 Å². The molecule has 0 amide bonds. The van der Waals surface area contributed by atoms with E-state index in [1.165, 1.54) is 4.52 Å². The van der Waals surface area contributed by atoms with E-state index in [2.05, 4.69) is 10.1 Å². The number of hydrogen-bond acceptors (Lipinski definition) is 3. The summed E-state index contributed by atoms with van der Waals surface area (Å²) < 4.78 is 1.30. The summed E-state index contributed by atoms with van der Waals surface area (Å²) in [6.07, 6.45) is 1.62. The van der Waals surface area contributed by atoms with Crippen molar-refractivity contribution >= 4 is 5.65 Å². The lowest BCUT2D eigenvalue weighted by molar-refractivity contribution is 0.434. The highest BCUT2D eigenvalue weighted by Gasteiger charge is 2.10. The second-order valence-electron chi connectivity index (χ2n) is 4.18. The lowest BCUT2D eigenvalue weighted by Gasteiger charge is -2.01. The van der Waals surface area contributed by atoms with Crippen molar-refractivity contribution in [2.75, 3.05) is 0 Å². The summed E-state index contributed by atoms with van der Waals surface area (Å²) in [5, 5.41) is 13.7. The van der Waals surface area contributed by atoms with Gasteiger partial charge in [0.15, 0.2) is 0 Å². The van der Waals surface area contributed by atoms with Gasteiger partial charge in [-0.05, 0) is 12.5 Å². The third kappa shape index (κ3) is 1.57. The van der Waals surface area contributed by atoms with Crippen LogP contribution in [0.5, 0.6) is 5.88 Å². The van der Waals surface area contributed by atoms with Gasteiger partial charge in [-0.2, -0.15) is 9.61 Å². The Labute approximate surface area is 102 Å². The third-order valence-electron chi connectivity index (χ3n) is 2.82. The van der Waals surface area contributed by atoms with Gasteiger partial charge in [0.05, 0.1) is 12.3 Å². The van der Waals surface area contributed by atoms with Gasteiger partial charge in [-0.15, -0.1) is 0 Å². The maximum absolute atomic E-state index is 11.4.